The molecule has 1 N–H and O–H groups in total. The normalized spacial score (nSPS) is 15.0. The van der Waals surface area contributed by atoms with Crippen molar-refractivity contribution < 1.29 is 8.42 Å². The minimum atomic E-state index is -3.26. The van der Waals surface area contributed by atoms with E-state index in [1.807, 2.05) is 41.0 Å². The number of nitrogens with one attached hydrogen (secondary N) is 1. The number of hydrogen-bond acceptors (Lipinski definition) is 3. The molecule has 1 aliphatic rings. The molecule has 2 aromatic carbocycles. The van der Waals surface area contributed by atoms with Crippen LogP contribution >= 0.6 is 15.9 Å². The summed E-state index contributed by atoms with van der Waals surface area (Å²) < 4.78 is 29.7. The zero-order valence-electron chi connectivity index (χ0n) is 12.1. The summed E-state index contributed by atoms with van der Waals surface area (Å²) in [5.41, 5.74) is 3.28. The first-order valence-electron chi connectivity index (χ1n) is 7.28. The number of anilines is 1. The summed E-state index contributed by atoms with van der Waals surface area (Å²) in [6, 6.07) is 13.2. The SMILES string of the molecule is O=S(=O)(Nc1cccc(-n2cnc3ccc(Br)cc32)c1)C1CC1. The van der Waals surface area contributed by atoms with E-state index in [0.717, 1.165) is 34.0 Å². The fraction of sp³-hybridized carbons (Fsp3) is 0.188. The molecule has 0 amide bonds. The minimum absolute atomic E-state index is 0.240. The summed E-state index contributed by atoms with van der Waals surface area (Å²) in [5, 5.41) is -0.240. The van der Waals surface area contributed by atoms with Crippen LogP contribution in [0.25, 0.3) is 16.7 Å². The molecule has 23 heavy (non-hydrogen) atoms. The molecule has 118 valence electrons. The van der Waals surface area contributed by atoms with Gasteiger partial charge in [0.1, 0.15) is 6.33 Å². The highest BCUT2D eigenvalue weighted by molar-refractivity contribution is 9.10. The molecule has 7 heteroatoms. The Morgan fingerprint density at radius 2 is 2.00 bits per heavy atom. The number of sulfonamides is 1. The maximum absolute atomic E-state index is 12.1. The molecule has 5 nitrogen and oxygen atoms in total. The standard InChI is InChI=1S/C16H14BrN3O2S/c17-11-4-7-15-16(8-11)20(10-18-15)13-3-1-2-12(9-13)19-23(21,22)14-5-6-14/h1-4,7-10,14,19H,5-6H2. The second-order valence-electron chi connectivity index (χ2n) is 5.64. The Hall–Kier alpha value is -1.86. The Labute approximate surface area is 142 Å². The lowest BCUT2D eigenvalue weighted by Crippen LogP contribution is -2.17. The molecule has 0 aliphatic heterocycles. The van der Waals surface area contributed by atoms with Crippen molar-refractivity contribution in [3.8, 4) is 5.69 Å². The van der Waals surface area contributed by atoms with E-state index in [1.165, 1.54) is 0 Å². The van der Waals surface area contributed by atoms with Crippen LogP contribution in [-0.4, -0.2) is 23.2 Å². The molecule has 0 bridgehead atoms. The Balaban J connectivity index is 1.74. The molecule has 3 aromatic rings. The van der Waals surface area contributed by atoms with Crippen LogP contribution in [0.2, 0.25) is 0 Å². The van der Waals surface area contributed by atoms with Crippen LogP contribution in [-0.2, 0) is 10.0 Å². The predicted octanol–water partition coefficient (Wildman–Crippen LogP) is 3.69. The second kappa shape index (κ2) is 5.35. The van der Waals surface area contributed by atoms with Gasteiger partial charge in [-0.15, -0.1) is 0 Å². The summed E-state index contributed by atoms with van der Waals surface area (Å²) >= 11 is 3.47. The number of aromatic nitrogens is 2. The quantitative estimate of drug-likeness (QED) is 0.737. The van der Waals surface area contributed by atoms with E-state index in [2.05, 4.69) is 25.6 Å². The van der Waals surface area contributed by atoms with Gasteiger partial charge in [-0.3, -0.25) is 9.29 Å². The van der Waals surface area contributed by atoms with E-state index in [-0.39, 0.29) is 5.25 Å². The molecule has 0 saturated heterocycles. The van der Waals surface area contributed by atoms with Gasteiger partial charge in [-0.05, 0) is 49.2 Å². The van der Waals surface area contributed by atoms with Crippen molar-refractivity contribution in [2.45, 2.75) is 18.1 Å². The Morgan fingerprint density at radius 1 is 1.17 bits per heavy atom. The summed E-state index contributed by atoms with van der Waals surface area (Å²) in [5.74, 6) is 0. The molecule has 1 saturated carbocycles. The third-order valence-electron chi connectivity index (χ3n) is 3.86. The third kappa shape index (κ3) is 2.86. The number of halogens is 1. The summed E-state index contributed by atoms with van der Waals surface area (Å²) in [6.45, 7) is 0. The zero-order valence-corrected chi connectivity index (χ0v) is 14.5. The first-order valence-corrected chi connectivity index (χ1v) is 9.61. The lowest BCUT2D eigenvalue weighted by atomic mass is 10.2. The topological polar surface area (TPSA) is 64.0 Å². The lowest BCUT2D eigenvalue weighted by molar-refractivity contribution is 0.600. The number of fused-ring (bicyclic) bond motifs is 1. The fourth-order valence-electron chi connectivity index (χ4n) is 2.53. The molecule has 1 aromatic heterocycles. The third-order valence-corrected chi connectivity index (χ3v) is 6.22. The van der Waals surface area contributed by atoms with Gasteiger partial charge in [-0.2, -0.15) is 0 Å². The van der Waals surface area contributed by atoms with E-state index in [4.69, 9.17) is 0 Å². The van der Waals surface area contributed by atoms with Crippen LogP contribution in [0.4, 0.5) is 5.69 Å². The predicted molar refractivity (Wildman–Crippen MR) is 94.3 cm³/mol. The van der Waals surface area contributed by atoms with E-state index in [9.17, 15) is 8.42 Å². The first-order chi connectivity index (χ1) is 11.0. The molecule has 0 unspecified atom stereocenters. The van der Waals surface area contributed by atoms with E-state index < -0.39 is 10.0 Å². The Kier molecular flexibility index (Phi) is 3.42. The molecule has 1 aliphatic carbocycles. The molecule has 0 atom stereocenters. The monoisotopic (exact) mass is 391 g/mol. The van der Waals surface area contributed by atoms with Gasteiger partial charge in [0.05, 0.1) is 22.0 Å². The maximum atomic E-state index is 12.1. The van der Waals surface area contributed by atoms with Gasteiger partial charge < -0.3 is 0 Å². The highest BCUT2D eigenvalue weighted by atomic mass is 79.9. The van der Waals surface area contributed by atoms with E-state index in [1.54, 1.807) is 12.4 Å². The van der Waals surface area contributed by atoms with Gasteiger partial charge in [-0.1, -0.05) is 22.0 Å². The van der Waals surface area contributed by atoms with Crippen LogP contribution < -0.4 is 4.72 Å². The van der Waals surface area contributed by atoms with Crippen molar-refractivity contribution >= 4 is 42.7 Å². The lowest BCUT2D eigenvalue weighted by Gasteiger charge is -2.10. The Morgan fingerprint density at radius 3 is 2.78 bits per heavy atom. The van der Waals surface area contributed by atoms with Gasteiger partial charge in [-0.25, -0.2) is 13.4 Å². The largest absolute Gasteiger partial charge is 0.299 e. The van der Waals surface area contributed by atoms with Crippen molar-refractivity contribution in [1.82, 2.24) is 9.55 Å². The minimum Gasteiger partial charge on any atom is -0.299 e. The molecule has 1 fully saturated rings. The number of nitrogens with zero attached hydrogens (tertiary/aromatic N) is 2. The highest BCUT2D eigenvalue weighted by Gasteiger charge is 2.35. The second-order valence-corrected chi connectivity index (χ2v) is 8.52. The molecule has 0 radical (unpaired) electrons. The molecule has 4 rings (SSSR count). The van der Waals surface area contributed by atoms with Crippen LogP contribution in [0.3, 0.4) is 0 Å². The fourth-order valence-corrected chi connectivity index (χ4v) is 4.26. The smallest absolute Gasteiger partial charge is 0.235 e. The van der Waals surface area contributed by atoms with Crippen molar-refractivity contribution in [1.29, 1.82) is 0 Å². The average molecular weight is 392 g/mol. The molecular weight excluding hydrogens is 378 g/mol. The van der Waals surface area contributed by atoms with E-state index >= 15 is 0 Å². The van der Waals surface area contributed by atoms with Crippen molar-refractivity contribution in [3.05, 3.63) is 53.3 Å². The van der Waals surface area contributed by atoms with Gasteiger partial charge in [0.25, 0.3) is 0 Å². The van der Waals surface area contributed by atoms with E-state index in [0.29, 0.717) is 5.69 Å². The van der Waals surface area contributed by atoms with Gasteiger partial charge in [0.15, 0.2) is 0 Å². The highest BCUT2D eigenvalue weighted by Crippen LogP contribution is 2.30. The van der Waals surface area contributed by atoms with Crippen LogP contribution in [0.1, 0.15) is 12.8 Å². The first kappa shape index (κ1) is 14.7. The summed E-state index contributed by atoms with van der Waals surface area (Å²) in [7, 11) is -3.26. The maximum Gasteiger partial charge on any atom is 0.235 e. The van der Waals surface area contributed by atoms with Gasteiger partial charge in [0.2, 0.25) is 10.0 Å². The van der Waals surface area contributed by atoms with Crippen molar-refractivity contribution in [2.75, 3.05) is 4.72 Å². The van der Waals surface area contributed by atoms with Crippen molar-refractivity contribution in [2.24, 2.45) is 0 Å². The molecule has 1 heterocycles. The van der Waals surface area contributed by atoms with Crippen LogP contribution in [0.15, 0.2) is 53.3 Å². The zero-order chi connectivity index (χ0) is 16.0. The van der Waals surface area contributed by atoms with Crippen LogP contribution in [0, 0.1) is 0 Å². The van der Waals surface area contributed by atoms with Crippen molar-refractivity contribution in [3.63, 3.8) is 0 Å². The number of rotatable bonds is 4. The average Bonchev–Trinajstić information content (AvgIpc) is 3.29. The molecular formula is C16H14BrN3O2S. The van der Waals surface area contributed by atoms with Gasteiger partial charge in [0, 0.05) is 10.2 Å². The number of imidazole rings is 1. The summed E-state index contributed by atoms with van der Waals surface area (Å²) in [6.07, 6.45) is 3.23. The van der Waals surface area contributed by atoms with Crippen LogP contribution in [0.5, 0.6) is 0 Å². The summed E-state index contributed by atoms with van der Waals surface area (Å²) in [4.78, 5) is 4.38. The number of hydrogen-bond donors (Lipinski definition) is 1. The molecule has 0 spiro atoms. The van der Waals surface area contributed by atoms with Gasteiger partial charge >= 0.3 is 0 Å². The Bertz CT molecular complexity index is 993. The number of benzene rings is 2.